The van der Waals surface area contributed by atoms with Crippen LogP contribution in [0.1, 0.15) is 11.5 Å². The first-order valence-corrected chi connectivity index (χ1v) is 4.40. The summed E-state index contributed by atoms with van der Waals surface area (Å²) in [7, 11) is 0. The van der Waals surface area contributed by atoms with Gasteiger partial charge in [-0.05, 0) is 29.5 Å². The maximum Gasteiger partial charge on any atom is 0.155 e. The molecule has 11 heavy (non-hydrogen) atoms. The molecule has 0 aliphatic carbocycles. The highest BCUT2D eigenvalue weighted by Crippen LogP contribution is 2.17. The molecule has 5 heteroatoms. The Labute approximate surface area is 83.0 Å². The fourth-order valence-electron chi connectivity index (χ4n) is 0.650. The third kappa shape index (κ3) is 2.00. The van der Waals surface area contributed by atoms with E-state index < -0.39 is 0 Å². The van der Waals surface area contributed by atoms with Crippen molar-refractivity contribution < 1.29 is 5.11 Å². The number of halogens is 2. The first-order chi connectivity index (χ1) is 5.15. The Kier molecular flexibility index (Phi) is 3.03. The van der Waals surface area contributed by atoms with E-state index in [1.54, 1.807) is 0 Å². The van der Waals surface area contributed by atoms with Crippen LogP contribution in [0.3, 0.4) is 0 Å². The summed E-state index contributed by atoms with van der Waals surface area (Å²) < 4.78 is 0.835. The summed E-state index contributed by atoms with van der Waals surface area (Å²) >= 11 is 7.79. The molecule has 0 amide bonds. The molecule has 0 aromatic carbocycles. The van der Waals surface area contributed by atoms with Crippen molar-refractivity contribution in [2.24, 2.45) is 0 Å². The normalized spacial score (nSPS) is 10.2. The third-order valence-electron chi connectivity index (χ3n) is 1.16. The monoisotopic (exact) mass is 284 g/mol. The number of hydrogen-bond donors (Lipinski definition) is 1. The molecule has 1 N–H and O–H groups in total. The fourth-order valence-corrected chi connectivity index (χ4v) is 1.13. The fraction of sp³-hybridized carbons (Fsp3) is 0.333. The maximum absolute atomic E-state index is 8.69. The van der Waals surface area contributed by atoms with Gasteiger partial charge in [0.2, 0.25) is 0 Å². The molecule has 0 aliphatic rings. The molecule has 0 unspecified atom stereocenters. The zero-order valence-electron chi connectivity index (χ0n) is 5.80. The van der Waals surface area contributed by atoms with Gasteiger partial charge in [-0.1, -0.05) is 11.6 Å². The standard InChI is InChI=1S/C6H6ClIN2O/c1-3-5(8)6(7)10-4(2-11)9-3/h11H,2H2,1H3. The average molecular weight is 284 g/mol. The van der Waals surface area contributed by atoms with Gasteiger partial charge in [-0.3, -0.25) is 0 Å². The highest BCUT2D eigenvalue weighted by Gasteiger charge is 2.05. The van der Waals surface area contributed by atoms with Crippen molar-refractivity contribution in [3.63, 3.8) is 0 Å². The zero-order chi connectivity index (χ0) is 8.43. The van der Waals surface area contributed by atoms with E-state index in [1.165, 1.54) is 0 Å². The second-order valence-electron chi connectivity index (χ2n) is 1.99. The summed E-state index contributed by atoms with van der Waals surface area (Å²) in [5.74, 6) is 0.368. The number of aryl methyl sites for hydroxylation is 1. The second-order valence-corrected chi connectivity index (χ2v) is 3.42. The molecule has 60 valence electrons. The van der Waals surface area contributed by atoms with Gasteiger partial charge in [0.05, 0.1) is 9.26 Å². The van der Waals surface area contributed by atoms with Gasteiger partial charge >= 0.3 is 0 Å². The highest BCUT2D eigenvalue weighted by atomic mass is 127. The van der Waals surface area contributed by atoms with E-state index in [0.717, 1.165) is 9.26 Å². The molecule has 0 saturated carbocycles. The molecule has 0 radical (unpaired) electrons. The largest absolute Gasteiger partial charge is 0.388 e. The van der Waals surface area contributed by atoms with Crippen LogP contribution in [0.15, 0.2) is 0 Å². The zero-order valence-corrected chi connectivity index (χ0v) is 8.72. The summed E-state index contributed by atoms with van der Waals surface area (Å²) in [4.78, 5) is 7.85. The molecule has 1 rings (SSSR count). The topological polar surface area (TPSA) is 46.0 Å². The summed E-state index contributed by atoms with van der Waals surface area (Å²) in [6, 6.07) is 0. The van der Waals surface area contributed by atoms with Crippen LogP contribution in [0.5, 0.6) is 0 Å². The summed E-state index contributed by atoms with van der Waals surface area (Å²) in [5.41, 5.74) is 0.801. The smallest absolute Gasteiger partial charge is 0.155 e. The van der Waals surface area contributed by atoms with E-state index in [1.807, 2.05) is 6.92 Å². The number of rotatable bonds is 1. The van der Waals surface area contributed by atoms with Crippen LogP contribution in [-0.4, -0.2) is 15.1 Å². The predicted molar refractivity (Wildman–Crippen MR) is 50.4 cm³/mol. The molecular formula is C6H6ClIN2O. The molecule has 0 fully saturated rings. The average Bonchev–Trinajstić information content (AvgIpc) is 1.99. The lowest BCUT2D eigenvalue weighted by Gasteiger charge is -2.01. The lowest BCUT2D eigenvalue weighted by atomic mass is 10.4. The van der Waals surface area contributed by atoms with Crippen molar-refractivity contribution >= 4 is 34.2 Å². The van der Waals surface area contributed by atoms with Gasteiger partial charge in [0.25, 0.3) is 0 Å². The first kappa shape index (κ1) is 9.15. The van der Waals surface area contributed by atoms with Crippen molar-refractivity contribution in [2.75, 3.05) is 0 Å². The van der Waals surface area contributed by atoms with E-state index in [9.17, 15) is 0 Å². The van der Waals surface area contributed by atoms with Crippen LogP contribution in [-0.2, 0) is 6.61 Å². The number of nitrogens with zero attached hydrogens (tertiary/aromatic N) is 2. The van der Waals surface area contributed by atoms with Crippen LogP contribution in [0.25, 0.3) is 0 Å². The Hall–Kier alpha value is 0.0600. The number of aliphatic hydroxyl groups excluding tert-OH is 1. The summed E-state index contributed by atoms with van der Waals surface area (Å²) in [6.07, 6.45) is 0. The van der Waals surface area contributed by atoms with E-state index in [0.29, 0.717) is 11.0 Å². The van der Waals surface area contributed by atoms with Crippen LogP contribution >= 0.6 is 34.2 Å². The van der Waals surface area contributed by atoms with Gasteiger partial charge in [-0.15, -0.1) is 0 Å². The van der Waals surface area contributed by atoms with Gasteiger partial charge in [0.15, 0.2) is 5.82 Å². The predicted octanol–water partition coefficient (Wildman–Crippen LogP) is 1.54. The van der Waals surface area contributed by atoms with Crippen molar-refractivity contribution in [2.45, 2.75) is 13.5 Å². The third-order valence-corrected chi connectivity index (χ3v) is 3.05. The molecule has 0 aliphatic heterocycles. The number of aliphatic hydroxyl groups is 1. The minimum absolute atomic E-state index is 0.169. The lowest BCUT2D eigenvalue weighted by Crippen LogP contribution is -1.99. The molecule has 0 spiro atoms. The molecule has 1 aromatic heterocycles. The van der Waals surface area contributed by atoms with Crippen molar-refractivity contribution in [3.8, 4) is 0 Å². The summed E-state index contributed by atoms with van der Waals surface area (Å²) in [5, 5.41) is 9.10. The Morgan fingerprint density at radius 3 is 2.64 bits per heavy atom. The van der Waals surface area contributed by atoms with E-state index in [-0.39, 0.29) is 6.61 Å². The second kappa shape index (κ2) is 3.64. The number of hydrogen-bond acceptors (Lipinski definition) is 3. The molecule has 1 heterocycles. The molecular weight excluding hydrogens is 278 g/mol. The van der Waals surface area contributed by atoms with E-state index in [2.05, 4.69) is 32.6 Å². The molecule has 1 aromatic rings. The van der Waals surface area contributed by atoms with Gasteiger partial charge in [0, 0.05) is 0 Å². The van der Waals surface area contributed by atoms with Crippen molar-refractivity contribution in [1.82, 2.24) is 9.97 Å². The molecule has 3 nitrogen and oxygen atoms in total. The molecule has 0 saturated heterocycles. The van der Waals surface area contributed by atoms with Gasteiger partial charge in [0.1, 0.15) is 11.8 Å². The van der Waals surface area contributed by atoms with Gasteiger partial charge in [-0.25, -0.2) is 9.97 Å². The van der Waals surface area contributed by atoms with Crippen molar-refractivity contribution in [1.29, 1.82) is 0 Å². The summed E-state index contributed by atoms with van der Waals surface area (Å²) in [6.45, 7) is 1.66. The van der Waals surface area contributed by atoms with Gasteiger partial charge < -0.3 is 5.11 Å². The van der Waals surface area contributed by atoms with Crippen LogP contribution in [0, 0.1) is 10.5 Å². The van der Waals surface area contributed by atoms with Crippen LogP contribution < -0.4 is 0 Å². The van der Waals surface area contributed by atoms with E-state index >= 15 is 0 Å². The van der Waals surface area contributed by atoms with E-state index in [4.69, 9.17) is 16.7 Å². The SMILES string of the molecule is Cc1nc(CO)nc(Cl)c1I. The van der Waals surface area contributed by atoms with Gasteiger partial charge in [-0.2, -0.15) is 0 Å². The minimum Gasteiger partial charge on any atom is -0.388 e. The quantitative estimate of drug-likeness (QED) is 0.628. The first-order valence-electron chi connectivity index (χ1n) is 2.94. The maximum atomic E-state index is 8.69. The van der Waals surface area contributed by atoms with Crippen LogP contribution in [0.4, 0.5) is 0 Å². The Balaban J connectivity index is 3.21. The molecule has 0 bridgehead atoms. The Morgan fingerprint density at radius 2 is 2.18 bits per heavy atom. The lowest BCUT2D eigenvalue weighted by molar-refractivity contribution is 0.271. The minimum atomic E-state index is -0.169. The Morgan fingerprint density at radius 1 is 1.55 bits per heavy atom. The van der Waals surface area contributed by atoms with Crippen LogP contribution in [0.2, 0.25) is 5.15 Å². The molecule has 0 atom stereocenters. The highest BCUT2D eigenvalue weighted by molar-refractivity contribution is 14.1. The van der Waals surface area contributed by atoms with Crippen molar-refractivity contribution in [3.05, 3.63) is 20.2 Å². The number of aromatic nitrogens is 2. The Bertz CT molecular complexity index is 256.